The van der Waals surface area contributed by atoms with Crippen LogP contribution < -0.4 is 0 Å². The van der Waals surface area contributed by atoms with Crippen molar-refractivity contribution in [2.45, 2.75) is 0 Å². The Kier molecular flexibility index (Phi) is 9.97. The van der Waals surface area contributed by atoms with Gasteiger partial charge in [-0.25, -0.2) is 4.31 Å². The third-order valence-corrected chi connectivity index (χ3v) is 1.57. The molecule has 0 aromatic heterocycles. The molecule has 8 heavy (non-hydrogen) atoms. The van der Waals surface area contributed by atoms with E-state index in [0.29, 0.717) is 0 Å². The van der Waals surface area contributed by atoms with Crippen molar-refractivity contribution in [2.75, 3.05) is 0 Å². The molecule has 2 atom stereocenters. The van der Waals surface area contributed by atoms with Crippen LogP contribution in [-0.4, -0.2) is 9.79 Å². The Bertz CT molecular complexity index is 86.6. The van der Waals surface area contributed by atoms with Gasteiger partial charge in [0, 0.05) is 32.7 Å². The first-order valence-electron chi connectivity index (χ1n) is 1.26. The molecule has 0 aromatic rings. The summed E-state index contributed by atoms with van der Waals surface area (Å²) in [5, 5.41) is 0. The van der Waals surface area contributed by atoms with Crippen LogP contribution in [0.15, 0.2) is 0 Å². The van der Waals surface area contributed by atoms with Crippen molar-refractivity contribution in [1.29, 1.82) is 0 Å². The molecule has 0 aliphatic carbocycles. The average Bonchev–Trinajstić information content (AvgIpc) is 1.27. The fraction of sp³-hybridized carbons (Fsp3) is 0. The van der Waals surface area contributed by atoms with E-state index >= 15 is 0 Å². The Morgan fingerprint density at radius 3 is 1.38 bits per heavy atom. The second-order valence-corrected chi connectivity index (χ2v) is 2.51. The molecule has 0 aliphatic rings. The fourth-order valence-corrected chi connectivity index (χ4v) is 0.672. The van der Waals surface area contributed by atoms with Crippen LogP contribution in [0, 0.1) is 0 Å². The van der Waals surface area contributed by atoms with Crippen LogP contribution in [0.1, 0.15) is 0 Å². The van der Waals surface area contributed by atoms with Crippen molar-refractivity contribution in [3.8, 4) is 0 Å². The Morgan fingerprint density at radius 2 is 1.38 bits per heavy atom. The van der Waals surface area contributed by atoms with Crippen LogP contribution in [0.5, 0.6) is 0 Å². The summed E-state index contributed by atoms with van der Waals surface area (Å²) in [4.78, 5) is 15.4. The van der Waals surface area contributed by atoms with Crippen molar-refractivity contribution in [3.05, 3.63) is 0 Å². The molecule has 8 heteroatoms. The normalized spacial score (nSPS) is 16.2. The Labute approximate surface area is 72.2 Å². The minimum absolute atomic E-state index is 0. The van der Waals surface area contributed by atoms with Crippen LogP contribution in [0.2, 0.25) is 0 Å². The maximum absolute atomic E-state index is 9.44. The van der Waals surface area contributed by atoms with Crippen LogP contribution >= 0.6 is 16.5 Å². The SMILES string of the molecule is O=[PH](O)O[PH](=O)O.[Y]. The van der Waals surface area contributed by atoms with Gasteiger partial charge in [-0.1, -0.05) is 0 Å². The smallest absolute Gasteiger partial charge is 0.323 e. The van der Waals surface area contributed by atoms with Crippen molar-refractivity contribution in [3.63, 3.8) is 0 Å². The van der Waals surface area contributed by atoms with E-state index in [4.69, 9.17) is 9.79 Å². The van der Waals surface area contributed by atoms with Gasteiger partial charge < -0.3 is 9.79 Å². The van der Waals surface area contributed by atoms with Crippen LogP contribution in [-0.2, 0) is 46.1 Å². The molecule has 0 bridgehead atoms. The summed E-state index contributed by atoms with van der Waals surface area (Å²) in [5.41, 5.74) is 0. The summed E-state index contributed by atoms with van der Waals surface area (Å²) in [5.74, 6) is 0. The molecule has 0 saturated heterocycles. The Hall–Kier alpha value is 1.44. The van der Waals surface area contributed by atoms with Gasteiger partial charge in [0.05, 0.1) is 0 Å². The van der Waals surface area contributed by atoms with E-state index in [0.717, 1.165) is 0 Å². The molecule has 0 heterocycles. The summed E-state index contributed by atoms with van der Waals surface area (Å²) in [7, 11) is -6.40. The predicted octanol–water partition coefficient (Wildman–Crippen LogP) is -0.236. The molecular formula is H4O5P2Y. The van der Waals surface area contributed by atoms with Crippen molar-refractivity contribution < 1.29 is 55.9 Å². The van der Waals surface area contributed by atoms with Crippen LogP contribution in [0.25, 0.3) is 0 Å². The molecule has 2 N–H and O–H groups in total. The maximum atomic E-state index is 9.44. The number of rotatable bonds is 2. The molecule has 0 aliphatic heterocycles. The van der Waals surface area contributed by atoms with Gasteiger partial charge in [0.25, 0.3) is 0 Å². The maximum Gasteiger partial charge on any atom is 0.323 e. The molecule has 5 nitrogen and oxygen atoms in total. The van der Waals surface area contributed by atoms with Gasteiger partial charge in [0.2, 0.25) is 0 Å². The number of hydrogen-bond donors (Lipinski definition) is 2. The van der Waals surface area contributed by atoms with Crippen molar-refractivity contribution in [2.24, 2.45) is 0 Å². The third kappa shape index (κ3) is 10.4. The van der Waals surface area contributed by atoms with Crippen LogP contribution in [0.3, 0.4) is 0 Å². The van der Waals surface area contributed by atoms with Gasteiger partial charge in [0.15, 0.2) is 0 Å². The summed E-state index contributed by atoms with van der Waals surface area (Å²) in [6.45, 7) is 0. The van der Waals surface area contributed by atoms with Gasteiger partial charge in [-0.3, -0.25) is 9.13 Å². The minimum Gasteiger partial charge on any atom is -0.326 e. The van der Waals surface area contributed by atoms with E-state index in [1.165, 1.54) is 0 Å². The van der Waals surface area contributed by atoms with Gasteiger partial charge >= 0.3 is 16.5 Å². The molecule has 0 fully saturated rings. The molecule has 0 aromatic carbocycles. The van der Waals surface area contributed by atoms with E-state index in [1.807, 2.05) is 0 Å². The second-order valence-electron chi connectivity index (χ2n) is 0.634. The van der Waals surface area contributed by atoms with E-state index in [2.05, 4.69) is 4.31 Å². The fourth-order valence-electron chi connectivity index (χ4n) is 0.0747. The molecule has 0 spiro atoms. The second kappa shape index (κ2) is 6.56. The zero-order valence-corrected chi connectivity index (χ0v) is 8.53. The predicted molar refractivity (Wildman–Crippen MR) is 23.5 cm³/mol. The van der Waals surface area contributed by atoms with Gasteiger partial charge in [0.1, 0.15) is 0 Å². The quantitative estimate of drug-likeness (QED) is 0.645. The molecule has 2 unspecified atom stereocenters. The largest absolute Gasteiger partial charge is 0.326 e. The zero-order chi connectivity index (χ0) is 5.86. The summed E-state index contributed by atoms with van der Waals surface area (Å²) in [6, 6.07) is 0. The van der Waals surface area contributed by atoms with Crippen LogP contribution in [0.4, 0.5) is 0 Å². The van der Waals surface area contributed by atoms with E-state index < -0.39 is 16.5 Å². The first-order valence-corrected chi connectivity index (χ1v) is 3.79. The van der Waals surface area contributed by atoms with E-state index in [-0.39, 0.29) is 32.7 Å². The molecule has 0 amide bonds. The topological polar surface area (TPSA) is 83.8 Å². The molecule has 47 valence electrons. The summed E-state index contributed by atoms with van der Waals surface area (Å²) < 4.78 is 22.3. The first kappa shape index (κ1) is 12.2. The zero-order valence-electron chi connectivity index (χ0n) is 3.70. The van der Waals surface area contributed by atoms with Crippen molar-refractivity contribution >= 4 is 16.5 Å². The van der Waals surface area contributed by atoms with Crippen molar-refractivity contribution in [1.82, 2.24) is 0 Å². The van der Waals surface area contributed by atoms with E-state index in [9.17, 15) is 9.13 Å². The Morgan fingerprint density at radius 1 is 1.12 bits per heavy atom. The van der Waals surface area contributed by atoms with Gasteiger partial charge in [-0.2, -0.15) is 0 Å². The summed E-state index contributed by atoms with van der Waals surface area (Å²) >= 11 is 0. The molecule has 0 saturated carbocycles. The molecule has 0 rings (SSSR count). The third-order valence-electron chi connectivity index (χ3n) is 0.175. The monoisotopic (exact) mass is 235 g/mol. The molecular weight excluding hydrogens is 231 g/mol. The Balaban J connectivity index is 0. The first-order chi connectivity index (χ1) is 3.13. The average molecular weight is 235 g/mol. The minimum atomic E-state index is -3.20. The standard InChI is InChI=1S/H4O5P2.Y/c1-6(2)5-7(3)4;/h6-7H,(H,1,2)(H,3,4);. The summed E-state index contributed by atoms with van der Waals surface area (Å²) in [6.07, 6.45) is 0. The van der Waals surface area contributed by atoms with Gasteiger partial charge in [-0.15, -0.1) is 0 Å². The number of hydrogen-bond acceptors (Lipinski definition) is 3. The van der Waals surface area contributed by atoms with Gasteiger partial charge in [-0.05, 0) is 0 Å². The molecule has 1 radical (unpaired) electrons. The van der Waals surface area contributed by atoms with E-state index in [1.54, 1.807) is 0 Å².